The predicted octanol–water partition coefficient (Wildman–Crippen LogP) is -0.588. The second-order valence-corrected chi connectivity index (χ2v) is 7.59. The van der Waals surface area contributed by atoms with E-state index in [1.165, 1.54) is 29.2 Å². The van der Waals surface area contributed by atoms with Gasteiger partial charge in [-0.3, -0.25) is 29.5 Å². The van der Waals surface area contributed by atoms with Crippen LogP contribution in [0.3, 0.4) is 0 Å². The number of likely N-dealkylation sites (tertiary alicyclic amines) is 1. The van der Waals surface area contributed by atoms with Gasteiger partial charge in [-0.1, -0.05) is 0 Å². The molecule has 1 aliphatic heterocycles. The van der Waals surface area contributed by atoms with Crippen molar-refractivity contribution in [2.24, 2.45) is 22.2 Å². The standard InChI is InChI=1S/C20H30N8O5/c21-10-9-17(29)27-12-2-4-16(27)19(31)26-15(3-1-11-24-20(22)23)18(30)25-13-5-7-14(8-6-13)28(32)33/h5-8,15-16H,1-4,9-12,21H2,(H,25,30)(H,26,31)(H4,22,23,24)/t15-,16-/m0/s1. The van der Waals surface area contributed by atoms with Gasteiger partial charge in [-0.2, -0.15) is 0 Å². The predicted molar refractivity (Wildman–Crippen MR) is 122 cm³/mol. The fraction of sp³-hybridized carbons (Fsp3) is 0.500. The summed E-state index contributed by atoms with van der Waals surface area (Å²) in [5.41, 5.74) is 16.3. The summed E-state index contributed by atoms with van der Waals surface area (Å²) >= 11 is 0. The third-order valence-electron chi connectivity index (χ3n) is 5.16. The maximum Gasteiger partial charge on any atom is 0.269 e. The van der Waals surface area contributed by atoms with Crippen LogP contribution in [0, 0.1) is 10.1 Å². The quantitative estimate of drug-likeness (QED) is 0.0940. The van der Waals surface area contributed by atoms with Crippen molar-refractivity contribution in [2.45, 2.75) is 44.2 Å². The van der Waals surface area contributed by atoms with Gasteiger partial charge in [0.1, 0.15) is 12.1 Å². The molecule has 1 heterocycles. The van der Waals surface area contributed by atoms with Crippen LogP contribution in [0.15, 0.2) is 29.3 Å². The van der Waals surface area contributed by atoms with Crippen LogP contribution >= 0.6 is 0 Å². The number of nitrogens with one attached hydrogen (secondary N) is 2. The van der Waals surface area contributed by atoms with Crippen molar-refractivity contribution in [3.63, 3.8) is 0 Å². The lowest BCUT2D eigenvalue weighted by Crippen LogP contribution is -2.52. The van der Waals surface area contributed by atoms with Crippen LogP contribution in [0.2, 0.25) is 0 Å². The molecule has 13 nitrogen and oxygen atoms in total. The molecule has 1 saturated heterocycles. The highest BCUT2D eigenvalue weighted by molar-refractivity contribution is 5.98. The topological polar surface area (TPSA) is 212 Å². The third kappa shape index (κ3) is 7.71. The summed E-state index contributed by atoms with van der Waals surface area (Å²) in [7, 11) is 0. The minimum atomic E-state index is -0.922. The van der Waals surface area contributed by atoms with E-state index in [0.717, 1.165) is 0 Å². The second-order valence-electron chi connectivity index (χ2n) is 7.59. The van der Waals surface area contributed by atoms with Gasteiger partial charge in [-0.25, -0.2) is 0 Å². The van der Waals surface area contributed by atoms with E-state index in [2.05, 4.69) is 15.6 Å². The average Bonchev–Trinajstić information content (AvgIpc) is 3.26. The number of nitro groups is 1. The number of aliphatic imine (C=N–C) groups is 1. The number of nitro benzene ring substituents is 1. The SMILES string of the molecule is NCCC(=O)N1CCC[C@H]1C(=O)N[C@@H](CCCN=C(N)N)C(=O)Nc1ccc([N+](=O)[O-])cc1. The smallest absolute Gasteiger partial charge is 0.269 e. The number of non-ortho nitro benzene ring substituents is 1. The number of hydrogen-bond acceptors (Lipinski definition) is 7. The van der Waals surface area contributed by atoms with Gasteiger partial charge in [0.25, 0.3) is 5.69 Å². The highest BCUT2D eigenvalue weighted by Crippen LogP contribution is 2.19. The second kappa shape index (κ2) is 12.3. The Hall–Kier alpha value is -3.74. The lowest BCUT2D eigenvalue weighted by Gasteiger charge is -2.26. The Morgan fingerprint density at radius 3 is 2.55 bits per heavy atom. The molecule has 0 unspecified atom stereocenters. The minimum absolute atomic E-state index is 0.0778. The summed E-state index contributed by atoms with van der Waals surface area (Å²) in [5, 5.41) is 16.2. The molecule has 2 atom stereocenters. The van der Waals surface area contributed by atoms with Crippen LogP contribution in [0.4, 0.5) is 11.4 Å². The molecule has 1 aromatic carbocycles. The molecule has 3 amide bonds. The lowest BCUT2D eigenvalue weighted by atomic mass is 10.1. The van der Waals surface area contributed by atoms with Crippen LogP contribution in [-0.4, -0.2) is 65.2 Å². The zero-order valence-electron chi connectivity index (χ0n) is 18.2. The number of anilines is 1. The zero-order valence-corrected chi connectivity index (χ0v) is 18.2. The van der Waals surface area contributed by atoms with E-state index in [0.29, 0.717) is 31.5 Å². The number of carbonyl (C=O) groups excluding carboxylic acids is 3. The number of carbonyl (C=O) groups is 3. The van der Waals surface area contributed by atoms with Gasteiger partial charge in [0, 0.05) is 43.9 Å². The number of rotatable bonds is 11. The molecular weight excluding hydrogens is 432 g/mol. The van der Waals surface area contributed by atoms with Crippen molar-refractivity contribution in [2.75, 3.05) is 25.0 Å². The molecule has 1 aromatic rings. The molecule has 0 bridgehead atoms. The van der Waals surface area contributed by atoms with E-state index in [-0.39, 0.29) is 43.5 Å². The van der Waals surface area contributed by atoms with Gasteiger partial charge in [0.15, 0.2) is 5.96 Å². The molecule has 33 heavy (non-hydrogen) atoms. The third-order valence-corrected chi connectivity index (χ3v) is 5.16. The summed E-state index contributed by atoms with van der Waals surface area (Å²) in [6.07, 6.45) is 1.97. The van der Waals surface area contributed by atoms with Gasteiger partial charge in [0.2, 0.25) is 17.7 Å². The van der Waals surface area contributed by atoms with E-state index in [9.17, 15) is 24.5 Å². The van der Waals surface area contributed by atoms with Gasteiger partial charge in [0.05, 0.1) is 4.92 Å². The summed E-state index contributed by atoms with van der Waals surface area (Å²) in [4.78, 5) is 53.7. The zero-order chi connectivity index (χ0) is 24.4. The van der Waals surface area contributed by atoms with Crippen LogP contribution in [0.1, 0.15) is 32.1 Å². The first-order valence-electron chi connectivity index (χ1n) is 10.6. The van der Waals surface area contributed by atoms with Gasteiger partial charge in [-0.05, 0) is 37.8 Å². The maximum atomic E-state index is 12.9. The fourth-order valence-electron chi connectivity index (χ4n) is 3.54. The Labute approximate surface area is 190 Å². The van der Waals surface area contributed by atoms with E-state index in [1.54, 1.807) is 0 Å². The summed E-state index contributed by atoms with van der Waals surface area (Å²) in [5.74, 6) is -1.20. The molecule has 2 rings (SSSR count). The van der Waals surface area contributed by atoms with Gasteiger partial charge in [-0.15, -0.1) is 0 Å². The van der Waals surface area contributed by atoms with Crippen LogP contribution in [0.5, 0.6) is 0 Å². The largest absolute Gasteiger partial charge is 0.370 e. The van der Waals surface area contributed by atoms with Crippen molar-refractivity contribution in [3.05, 3.63) is 34.4 Å². The lowest BCUT2D eigenvalue weighted by molar-refractivity contribution is -0.384. The number of amides is 3. The highest BCUT2D eigenvalue weighted by atomic mass is 16.6. The number of benzene rings is 1. The summed E-state index contributed by atoms with van der Waals surface area (Å²) in [6.45, 7) is 0.917. The van der Waals surface area contributed by atoms with Crippen LogP contribution < -0.4 is 27.8 Å². The number of nitrogens with zero attached hydrogens (tertiary/aromatic N) is 3. The van der Waals surface area contributed by atoms with Crippen LogP contribution in [-0.2, 0) is 14.4 Å². The molecule has 180 valence electrons. The molecule has 0 radical (unpaired) electrons. The van der Waals surface area contributed by atoms with Gasteiger partial charge < -0.3 is 32.7 Å². The maximum absolute atomic E-state index is 12.9. The Balaban J connectivity index is 2.09. The Bertz CT molecular complexity index is 885. The van der Waals surface area contributed by atoms with Crippen LogP contribution in [0.25, 0.3) is 0 Å². The van der Waals surface area contributed by atoms with Crippen molar-refractivity contribution >= 4 is 35.1 Å². The Morgan fingerprint density at radius 1 is 1.24 bits per heavy atom. The molecule has 0 aromatic heterocycles. The average molecular weight is 463 g/mol. The van der Waals surface area contributed by atoms with Crippen molar-refractivity contribution in [3.8, 4) is 0 Å². The molecule has 0 aliphatic carbocycles. The first-order chi connectivity index (χ1) is 15.7. The molecular formula is C20H30N8O5. The molecule has 1 aliphatic rings. The van der Waals surface area contributed by atoms with E-state index in [1.807, 2.05) is 0 Å². The van der Waals surface area contributed by atoms with E-state index < -0.39 is 28.8 Å². The number of nitrogens with two attached hydrogens (primary N) is 3. The highest BCUT2D eigenvalue weighted by Gasteiger charge is 2.35. The first kappa shape index (κ1) is 25.5. The number of hydrogen-bond donors (Lipinski definition) is 5. The summed E-state index contributed by atoms with van der Waals surface area (Å²) < 4.78 is 0. The van der Waals surface area contributed by atoms with Gasteiger partial charge >= 0.3 is 0 Å². The first-order valence-corrected chi connectivity index (χ1v) is 10.6. The molecule has 8 N–H and O–H groups in total. The molecule has 0 saturated carbocycles. The normalized spacial score (nSPS) is 16.0. The summed E-state index contributed by atoms with van der Waals surface area (Å²) in [6, 6.07) is 3.74. The van der Waals surface area contributed by atoms with Crippen molar-refractivity contribution < 1.29 is 19.3 Å². The molecule has 13 heteroatoms. The minimum Gasteiger partial charge on any atom is -0.370 e. The molecule has 1 fully saturated rings. The fourth-order valence-corrected chi connectivity index (χ4v) is 3.54. The number of guanidine groups is 1. The van der Waals surface area contributed by atoms with Crippen molar-refractivity contribution in [1.29, 1.82) is 0 Å². The Kier molecular flexibility index (Phi) is 9.54. The molecule has 0 spiro atoms. The van der Waals surface area contributed by atoms with E-state index in [4.69, 9.17) is 17.2 Å². The van der Waals surface area contributed by atoms with Crippen molar-refractivity contribution in [1.82, 2.24) is 10.2 Å². The van der Waals surface area contributed by atoms with E-state index >= 15 is 0 Å². The Morgan fingerprint density at radius 2 is 1.94 bits per heavy atom. The monoisotopic (exact) mass is 462 g/mol.